The predicted octanol–water partition coefficient (Wildman–Crippen LogP) is 5.43. The fraction of sp³-hybridized carbons (Fsp3) is 0.318. The molecule has 0 spiro atoms. The monoisotopic (exact) mass is 427 g/mol. The van der Waals surface area contributed by atoms with Gasteiger partial charge in [-0.05, 0) is 61.1 Å². The summed E-state index contributed by atoms with van der Waals surface area (Å²) < 4.78 is 8.58. The number of aryl methyl sites for hydroxylation is 1. The molecule has 3 aromatic rings. The largest absolute Gasteiger partial charge is 0.497 e. The molecule has 0 fully saturated rings. The minimum atomic E-state index is -0.874. The van der Waals surface area contributed by atoms with E-state index < -0.39 is 5.97 Å². The van der Waals surface area contributed by atoms with Crippen molar-refractivity contribution in [2.45, 2.75) is 38.6 Å². The highest BCUT2D eigenvalue weighted by Gasteiger charge is 2.23. The molecule has 0 aliphatic heterocycles. The zero-order chi connectivity index (χ0) is 19.0. The highest BCUT2D eigenvalue weighted by molar-refractivity contribution is 9.10. The third-order valence-electron chi connectivity index (χ3n) is 5.38. The van der Waals surface area contributed by atoms with Gasteiger partial charge in [0.25, 0.3) is 0 Å². The Balaban J connectivity index is 1.94. The van der Waals surface area contributed by atoms with Crippen LogP contribution in [0.15, 0.2) is 40.9 Å². The number of carboxylic acids is 1. The molecule has 0 unspecified atom stereocenters. The molecule has 0 atom stereocenters. The molecule has 4 rings (SSSR count). The third kappa shape index (κ3) is 3.36. The summed E-state index contributed by atoms with van der Waals surface area (Å²) >= 11 is 3.55. The van der Waals surface area contributed by atoms with Crippen LogP contribution in [-0.2, 0) is 19.4 Å². The SMILES string of the molecule is COc1cc(Br)cc(Cn2c3c(c4cccc(C(=O)O)c42)CCCCC3)c1. The van der Waals surface area contributed by atoms with Gasteiger partial charge in [0.2, 0.25) is 0 Å². The quantitative estimate of drug-likeness (QED) is 0.564. The highest BCUT2D eigenvalue weighted by atomic mass is 79.9. The normalized spacial score (nSPS) is 14.0. The fourth-order valence-corrected chi connectivity index (χ4v) is 4.75. The van der Waals surface area contributed by atoms with E-state index in [0.29, 0.717) is 12.1 Å². The van der Waals surface area contributed by atoms with Crippen LogP contribution in [0.2, 0.25) is 0 Å². The van der Waals surface area contributed by atoms with Gasteiger partial charge < -0.3 is 14.4 Å². The van der Waals surface area contributed by atoms with Crippen molar-refractivity contribution in [2.75, 3.05) is 7.11 Å². The van der Waals surface area contributed by atoms with Crippen LogP contribution in [0.3, 0.4) is 0 Å². The number of nitrogens with zero attached hydrogens (tertiary/aromatic N) is 1. The summed E-state index contributed by atoms with van der Waals surface area (Å²) in [4.78, 5) is 11.9. The second kappa shape index (κ2) is 7.39. The summed E-state index contributed by atoms with van der Waals surface area (Å²) in [7, 11) is 1.66. The lowest BCUT2D eigenvalue weighted by molar-refractivity contribution is 0.0698. The maximum Gasteiger partial charge on any atom is 0.337 e. The molecule has 5 heteroatoms. The molecule has 0 saturated heterocycles. The number of benzene rings is 2. The number of carboxylic acid groups (broad SMARTS) is 1. The van der Waals surface area contributed by atoms with Gasteiger partial charge in [-0.25, -0.2) is 4.79 Å². The lowest BCUT2D eigenvalue weighted by Gasteiger charge is -2.14. The van der Waals surface area contributed by atoms with E-state index in [1.807, 2.05) is 18.2 Å². The van der Waals surface area contributed by atoms with Crippen LogP contribution in [0.5, 0.6) is 5.75 Å². The minimum absolute atomic E-state index is 0.377. The topological polar surface area (TPSA) is 51.5 Å². The average Bonchev–Trinajstić information content (AvgIpc) is 2.81. The van der Waals surface area contributed by atoms with Gasteiger partial charge in [-0.3, -0.25) is 0 Å². The number of hydrogen-bond acceptors (Lipinski definition) is 2. The Labute approximate surface area is 166 Å². The molecule has 1 aliphatic rings. The first-order chi connectivity index (χ1) is 13.1. The molecule has 1 heterocycles. The number of para-hydroxylation sites is 1. The van der Waals surface area contributed by atoms with Crippen molar-refractivity contribution in [2.24, 2.45) is 0 Å². The fourth-order valence-electron chi connectivity index (χ4n) is 4.23. The molecule has 1 aromatic heterocycles. The Hall–Kier alpha value is -2.27. The van der Waals surface area contributed by atoms with Crippen LogP contribution in [0.1, 0.15) is 46.4 Å². The summed E-state index contributed by atoms with van der Waals surface area (Å²) in [6.45, 7) is 0.631. The van der Waals surface area contributed by atoms with Crippen molar-refractivity contribution in [1.29, 1.82) is 0 Å². The van der Waals surface area contributed by atoms with E-state index in [0.717, 1.165) is 52.4 Å². The molecule has 0 radical (unpaired) electrons. The van der Waals surface area contributed by atoms with Gasteiger partial charge >= 0.3 is 5.97 Å². The number of aromatic nitrogens is 1. The number of halogens is 1. The number of fused-ring (bicyclic) bond motifs is 3. The van der Waals surface area contributed by atoms with Crippen LogP contribution < -0.4 is 4.74 Å². The Morgan fingerprint density at radius 2 is 2.00 bits per heavy atom. The van der Waals surface area contributed by atoms with Crippen LogP contribution in [0.4, 0.5) is 0 Å². The average molecular weight is 428 g/mol. The van der Waals surface area contributed by atoms with Gasteiger partial charge in [0, 0.05) is 22.1 Å². The maximum absolute atomic E-state index is 11.9. The van der Waals surface area contributed by atoms with E-state index in [4.69, 9.17) is 4.74 Å². The molecule has 0 saturated carbocycles. The molecule has 0 bridgehead atoms. The second-order valence-electron chi connectivity index (χ2n) is 7.08. The number of hydrogen-bond donors (Lipinski definition) is 1. The molecule has 1 aliphatic carbocycles. The van der Waals surface area contributed by atoms with Gasteiger partial charge in [0.05, 0.1) is 18.2 Å². The maximum atomic E-state index is 11.9. The van der Waals surface area contributed by atoms with E-state index in [-0.39, 0.29) is 0 Å². The van der Waals surface area contributed by atoms with Crippen LogP contribution in [0, 0.1) is 0 Å². The molecular formula is C22H22BrNO3. The first-order valence-corrected chi connectivity index (χ1v) is 10.1. The lowest BCUT2D eigenvalue weighted by Crippen LogP contribution is -2.08. The molecular weight excluding hydrogens is 406 g/mol. The minimum Gasteiger partial charge on any atom is -0.497 e. The molecule has 27 heavy (non-hydrogen) atoms. The van der Waals surface area contributed by atoms with Gasteiger partial charge in [-0.15, -0.1) is 0 Å². The van der Waals surface area contributed by atoms with Gasteiger partial charge in [-0.2, -0.15) is 0 Å². The van der Waals surface area contributed by atoms with Crippen LogP contribution in [0.25, 0.3) is 10.9 Å². The van der Waals surface area contributed by atoms with E-state index in [2.05, 4.69) is 32.6 Å². The highest BCUT2D eigenvalue weighted by Crippen LogP contribution is 2.34. The number of rotatable bonds is 4. The predicted molar refractivity (Wildman–Crippen MR) is 110 cm³/mol. The molecule has 4 nitrogen and oxygen atoms in total. The van der Waals surface area contributed by atoms with Crippen molar-refractivity contribution in [3.63, 3.8) is 0 Å². The standard InChI is InChI=1S/C22H22BrNO3/c1-27-16-11-14(10-15(23)12-16)13-24-20-9-4-2-3-6-17(20)18-7-5-8-19(21(18)24)22(25)26/h5,7-8,10-12H,2-4,6,9,13H2,1H3,(H,25,26). The summed E-state index contributed by atoms with van der Waals surface area (Å²) in [5.74, 6) is -0.0817. The molecule has 1 N–H and O–H groups in total. The van der Waals surface area contributed by atoms with E-state index in [9.17, 15) is 9.90 Å². The van der Waals surface area contributed by atoms with E-state index in [1.54, 1.807) is 13.2 Å². The lowest BCUT2D eigenvalue weighted by atomic mass is 10.0. The van der Waals surface area contributed by atoms with Crippen molar-refractivity contribution in [1.82, 2.24) is 4.57 Å². The second-order valence-corrected chi connectivity index (χ2v) is 7.99. The summed E-state index contributed by atoms with van der Waals surface area (Å²) in [5.41, 5.74) is 4.92. The first kappa shape index (κ1) is 18.1. The van der Waals surface area contributed by atoms with Gasteiger partial charge in [0.1, 0.15) is 5.75 Å². The molecule has 0 amide bonds. The summed E-state index contributed by atoms with van der Waals surface area (Å²) in [6.07, 6.45) is 5.54. The van der Waals surface area contributed by atoms with Gasteiger partial charge in [-0.1, -0.05) is 34.5 Å². The molecule has 140 valence electrons. The number of aromatic carboxylic acids is 1. The summed E-state index contributed by atoms with van der Waals surface area (Å²) in [5, 5.41) is 10.9. The number of methoxy groups -OCH3 is 1. The van der Waals surface area contributed by atoms with Crippen molar-refractivity contribution >= 4 is 32.8 Å². The Kier molecular flexibility index (Phi) is 4.96. The molecule has 2 aromatic carbocycles. The van der Waals surface area contributed by atoms with Crippen molar-refractivity contribution in [3.05, 3.63) is 63.3 Å². The Bertz CT molecular complexity index is 1020. The van der Waals surface area contributed by atoms with Crippen molar-refractivity contribution in [3.8, 4) is 5.75 Å². The zero-order valence-corrected chi connectivity index (χ0v) is 16.9. The first-order valence-electron chi connectivity index (χ1n) is 9.28. The van der Waals surface area contributed by atoms with Gasteiger partial charge in [0.15, 0.2) is 0 Å². The third-order valence-corrected chi connectivity index (χ3v) is 5.84. The Morgan fingerprint density at radius 1 is 1.19 bits per heavy atom. The smallest absolute Gasteiger partial charge is 0.337 e. The van der Waals surface area contributed by atoms with Crippen LogP contribution in [-0.4, -0.2) is 22.8 Å². The number of ether oxygens (including phenoxy) is 1. The number of carbonyl (C=O) groups is 1. The van der Waals surface area contributed by atoms with E-state index >= 15 is 0 Å². The zero-order valence-electron chi connectivity index (χ0n) is 15.3. The summed E-state index contributed by atoms with van der Waals surface area (Å²) in [6, 6.07) is 11.7. The van der Waals surface area contributed by atoms with Crippen molar-refractivity contribution < 1.29 is 14.6 Å². The van der Waals surface area contributed by atoms with Crippen LogP contribution >= 0.6 is 15.9 Å². The Morgan fingerprint density at radius 3 is 2.78 bits per heavy atom. The van der Waals surface area contributed by atoms with E-state index in [1.165, 1.54) is 17.7 Å².